The van der Waals surface area contributed by atoms with E-state index in [1.54, 1.807) is 24.3 Å². The van der Waals surface area contributed by atoms with E-state index in [-0.39, 0.29) is 5.91 Å². The van der Waals surface area contributed by atoms with E-state index in [0.717, 1.165) is 16.6 Å². The van der Waals surface area contributed by atoms with E-state index in [1.807, 2.05) is 24.3 Å². The third-order valence-corrected chi connectivity index (χ3v) is 3.54. The topological polar surface area (TPSA) is 113 Å². The Morgan fingerprint density at radius 1 is 1.00 bits per heavy atom. The number of fused-ring (bicyclic) bond motifs is 1. The maximum Gasteiger partial charge on any atom is 0.312 e. The van der Waals surface area contributed by atoms with Gasteiger partial charge in [0.1, 0.15) is 5.82 Å². The fraction of sp³-hybridized carbons (Fsp3) is 0.118. The summed E-state index contributed by atoms with van der Waals surface area (Å²) in [4.78, 5) is 30.4. The van der Waals surface area contributed by atoms with E-state index in [2.05, 4.69) is 20.6 Å². The number of aromatic amines is 1. The summed E-state index contributed by atoms with van der Waals surface area (Å²) in [6.45, 7) is 0.648. The zero-order valence-electron chi connectivity index (χ0n) is 12.9. The number of urea groups is 1. The maximum atomic E-state index is 12.2. The van der Waals surface area contributed by atoms with E-state index >= 15 is 0 Å². The standard InChI is InChI=1S/C17H17N5O2/c18-17(24)20-9-11-5-7-12(8-6-11)16(23)19-10-15-21-13-3-1-2-4-14(13)22-15/h1-8H,9-10H2,(H,19,23)(H,21,22)(H3,18,20,24). The van der Waals surface area contributed by atoms with Crippen LogP contribution >= 0.6 is 0 Å². The van der Waals surface area contributed by atoms with Gasteiger partial charge in [-0.3, -0.25) is 4.79 Å². The van der Waals surface area contributed by atoms with Gasteiger partial charge in [-0.25, -0.2) is 9.78 Å². The molecule has 0 aliphatic heterocycles. The zero-order valence-corrected chi connectivity index (χ0v) is 12.9. The molecule has 0 spiro atoms. The second kappa shape index (κ2) is 6.82. The first-order chi connectivity index (χ1) is 11.6. The average Bonchev–Trinajstić information content (AvgIpc) is 3.01. The number of benzene rings is 2. The van der Waals surface area contributed by atoms with Crippen molar-refractivity contribution < 1.29 is 9.59 Å². The number of amides is 3. The molecule has 0 aliphatic rings. The molecule has 1 aromatic heterocycles. The van der Waals surface area contributed by atoms with Crippen molar-refractivity contribution in [2.75, 3.05) is 0 Å². The Morgan fingerprint density at radius 2 is 1.75 bits per heavy atom. The minimum absolute atomic E-state index is 0.190. The predicted octanol–water partition coefficient (Wildman–Crippen LogP) is 1.66. The average molecular weight is 323 g/mol. The molecule has 3 aromatic rings. The summed E-state index contributed by atoms with van der Waals surface area (Å²) in [6, 6.07) is 14.1. The first kappa shape index (κ1) is 15.5. The summed E-state index contributed by atoms with van der Waals surface area (Å²) < 4.78 is 0. The molecular formula is C17H17N5O2. The molecule has 7 heteroatoms. The van der Waals surface area contributed by atoms with E-state index in [4.69, 9.17) is 5.73 Å². The van der Waals surface area contributed by atoms with Gasteiger partial charge < -0.3 is 21.4 Å². The smallest absolute Gasteiger partial charge is 0.312 e. The lowest BCUT2D eigenvalue weighted by atomic mass is 10.1. The molecule has 3 rings (SSSR count). The Hall–Kier alpha value is -3.35. The molecule has 2 aromatic carbocycles. The number of aromatic nitrogens is 2. The van der Waals surface area contributed by atoms with E-state index in [1.165, 1.54) is 0 Å². The number of primary amides is 1. The zero-order chi connectivity index (χ0) is 16.9. The summed E-state index contributed by atoms with van der Waals surface area (Å²) >= 11 is 0. The van der Waals surface area contributed by atoms with Gasteiger partial charge in [0.2, 0.25) is 0 Å². The van der Waals surface area contributed by atoms with Crippen molar-refractivity contribution in [3.63, 3.8) is 0 Å². The summed E-state index contributed by atoms with van der Waals surface area (Å²) in [5, 5.41) is 5.32. The SMILES string of the molecule is NC(=O)NCc1ccc(C(=O)NCc2nc3ccccc3[nH]2)cc1. The van der Waals surface area contributed by atoms with Crippen molar-refractivity contribution in [2.45, 2.75) is 13.1 Å². The number of hydrogen-bond donors (Lipinski definition) is 4. The van der Waals surface area contributed by atoms with Gasteiger partial charge >= 0.3 is 6.03 Å². The number of rotatable bonds is 5. The van der Waals surface area contributed by atoms with Crippen LogP contribution < -0.4 is 16.4 Å². The van der Waals surface area contributed by atoms with Crippen LogP contribution in [0, 0.1) is 0 Å². The van der Waals surface area contributed by atoms with Crippen molar-refractivity contribution in [1.82, 2.24) is 20.6 Å². The van der Waals surface area contributed by atoms with E-state index in [0.29, 0.717) is 24.5 Å². The number of nitrogens with zero attached hydrogens (tertiary/aromatic N) is 1. The molecule has 7 nitrogen and oxygen atoms in total. The fourth-order valence-electron chi connectivity index (χ4n) is 2.32. The highest BCUT2D eigenvalue weighted by Crippen LogP contribution is 2.10. The second-order valence-corrected chi connectivity index (χ2v) is 5.30. The van der Waals surface area contributed by atoms with Crippen LogP contribution in [0.1, 0.15) is 21.7 Å². The Labute approximate surface area is 138 Å². The number of carbonyl (C=O) groups excluding carboxylic acids is 2. The highest BCUT2D eigenvalue weighted by atomic mass is 16.2. The third kappa shape index (κ3) is 3.70. The molecule has 1 heterocycles. The van der Waals surface area contributed by atoms with Crippen LogP contribution in [-0.4, -0.2) is 21.9 Å². The summed E-state index contributed by atoms with van der Waals surface area (Å²) in [6.07, 6.45) is 0. The van der Waals surface area contributed by atoms with Crippen LogP contribution in [0.3, 0.4) is 0 Å². The van der Waals surface area contributed by atoms with Gasteiger partial charge in [0.05, 0.1) is 17.6 Å². The highest BCUT2D eigenvalue weighted by molar-refractivity contribution is 5.94. The van der Waals surface area contributed by atoms with Crippen LogP contribution in [0.2, 0.25) is 0 Å². The van der Waals surface area contributed by atoms with Crippen molar-refractivity contribution in [3.05, 3.63) is 65.5 Å². The Balaban J connectivity index is 1.59. The summed E-state index contributed by atoms with van der Waals surface area (Å²) in [5.41, 5.74) is 8.22. The highest BCUT2D eigenvalue weighted by Gasteiger charge is 2.07. The Morgan fingerprint density at radius 3 is 2.46 bits per heavy atom. The van der Waals surface area contributed by atoms with Crippen molar-refractivity contribution in [3.8, 4) is 0 Å². The molecule has 5 N–H and O–H groups in total. The van der Waals surface area contributed by atoms with Crippen molar-refractivity contribution in [1.29, 1.82) is 0 Å². The Bertz CT molecular complexity index is 837. The van der Waals surface area contributed by atoms with E-state index < -0.39 is 6.03 Å². The van der Waals surface area contributed by atoms with Gasteiger partial charge in [-0.1, -0.05) is 24.3 Å². The molecule has 0 unspecified atom stereocenters. The number of imidazole rings is 1. The van der Waals surface area contributed by atoms with Gasteiger partial charge in [0, 0.05) is 12.1 Å². The van der Waals surface area contributed by atoms with Gasteiger partial charge in [0.25, 0.3) is 5.91 Å². The second-order valence-electron chi connectivity index (χ2n) is 5.30. The van der Waals surface area contributed by atoms with Crippen LogP contribution in [0.25, 0.3) is 11.0 Å². The van der Waals surface area contributed by atoms with E-state index in [9.17, 15) is 9.59 Å². The third-order valence-electron chi connectivity index (χ3n) is 3.54. The predicted molar refractivity (Wildman–Crippen MR) is 90.1 cm³/mol. The van der Waals surface area contributed by atoms with Crippen LogP contribution in [0.5, 0.6) is 0 Å². The summed E-state index contributed by atoms with van der Waals surface area (Å²) in [5.74, 6) is 0.511. The molecule has 0 atom stereocenters. The van der Waals surface area contributed by atoms with Gasteiger partial charge in [-0.2, -0.15) is 0 Å². The van der Waals surface area contributed by atoms with Gasteiger partial charge in [0.15, 0.2) is 0 Å². The molecule has 0 fully saturated rings. The Kier molecular flexibility index (Phi) is 4.42. The van der Waals surface area contributed by atoms with Crippen molar-refractivity contribution in [2.24, 2.45) is 5.73 Å². The van der Waals surface area contributed by atoms with Crippen LogP contribution in [0.4, 0.5) is 4.79 Å². The van der Waals surface area contributed by atoms with Gasteiger partial charge in [-0.15, -0.1) is 0 Å². The minimum Gasteiger partial charge on any atom is -0.352 e. The number of hydrogen-bond acceptors (Lipinski definition) is 3. The largest absolute Gasteiger partial charge is 0.352 e. The number of carbonyl (C=O) groups is 2. The lowest BCUT2D eigenvalue weighted by Gasteiger charge is -2.05. The molecular weight excluding hydrogens is 306 g/mol. The molecule has 0 bridgehead atoms. The molecule has 3 amide bonds. The maximum absolute atomic E-state index is 12.2. The minimum atomic E-state index is -0.581. The molecule has 0 saturated heterocycles. The lowest BCUT2D eigenvalue weighted by Crippen LogP contribution is -2.28. The number of nitrogens with one attached hydrogen (secondary N) is 3. The lowest BCUT2D eigenvalue weighted by molar-refractivity contribution is 0.0950. The molecule has 24 heavy (non-hydrogen) atoms. The first-order valence-electron chi connectivity index (χ1n) is 7.46. The van der Waals surface area contributed by atoms with Crippen LogP contribution in [0.15, 0.2) is 48.5 Å². The quantitative estimate of drug-likeness (QED) is 0.572. The van der Waals surface area contributed by atoms with Crippen LogP contribution in [-0.2, 0) is 13.1 Å². The molecule has 0 saturated carbocycles. The molecule has 0 aliphatic carbocycles. The summed E-state index contributed by atoms with van der Waals surface area (Å²) in [7, 11) is 0. The van der Waals surface area contributed by atoms with Crippen molar-refractivity contribution >= 4 is 23.0 Å². The monoisotopic (exact) mass is 323 g/mol. The number of para-hydroxylation sites is 2. The normalized spacial score (nSPS) is 10.5. The fourth-order valence-corrected chi connectivity index (χ4v) is 2.32. The number of H-pyrrole nitrogens is 1. The first-order valence-corrected chi connectivity index (χ1v) is 7.46. The molecule has 0 radical (unpaired) electrons. The van der Waals surface area contributed by atoms with Gasteiger partial charge in [-0.05, 0) is 29.8 Å². The number of nitrogens with two attached hydrogens (primary N) is 1. The molecule has 122 valence electrons.